The van der Waals surface area contributed by atoms with Crippen molar-refractivity contribution in [1.29, 1.82) is 0 Å². The molecule has 10 heteroatoms. The number of benzene rings is 1. The van der Waals surface area contributed by atoms with Gasteiger partial charge in [0.15, 0.2) is 0 Å². The van der Waals surface area contributed by atoms with Gasteiger partial charge in [-0.3, -0.25) is 4.79 Å². The smallest absolute Gasteiger partial charge is 0.245 e. The molecule has 136 valence electrons. The average molecular weight is 383 g/mol. The van der Waals surface area contributed by atoms with Crippen LogP contribution in [0.1, 0.15) is 19.8 Å². The Balaban J connectivity index is 1.72. The van der Waals surface area contributed by atoms with E-state index in [1.54, 1.807) is 23.1 Å². The minimum atomic E-state index is -3.67. The monoisotopic (exact) mass is 383 g/mol. The van der Waals surface area contributed by atoms with E-state index in [1.165, 1.54) is 4.31 Å². The van der Waals surface area contributed by atoms with Crippen molar-refractivity contribution in [1.82, 2.24) is 9.21 Å². The highest BCUT2D eigenvalue weighted by molar-refractivity contribution is 7.89. The molecule has 0 aromatic heterocycles. The minimum absolute atomic E-state index is 0.107. The van der Waals surface area contributed by atoms with Crippen LogP contribution in [0.4, 0.5) is 11.4 Å². The predicted octanol–water partition coefficient (Wildman–Crippen LogP) is 1.37. The summed E-state index contributed by atoms with van der Waals surface area (Å²) in [5, 5.41) is 0. The summed E-state index contributed by atoms with van der Waals surface area (Å²) in [4.78, 5) is 14.1. The fourth-order valence-corrected chi connectivity index (χ4v) is 5.12. The number of amides is 1. The third kappa shape index (κ3) is 3.52. The number of nitrogens with two attached hydrogens (primary N) is 1. The van der Waals surface area contributed by atoms with Crippen LogP contribution in [-0.4, -0.2) is 55.8 Å². The first-order valence-corrected chi connectivity index (χ1v) is 10.4. The van der Waals surface area contributed by atoms with Crippen LogP contribution in [0.5, 0.6) is 0 Å². The molecule has 0 saturated carbocycles. The third-order valence-corrected chi connectivity index (χ3v) is 6.81. The first-order valence-electron chi connectivity index (χ1n) is 8.21. The van der Waals surface area contributed by atoms with Crippen LogP contribution in [-0.2, 0) is 26.2 Å². The summed E-state index contributed by atoms with van der Waals surface area (Å²) in [6, 6.07) is 4.44. The number of piperazine rings is 1. The molecular formula is C15H21N5O3S2. The number of fused-ring (bicyclic) bond motifs is 1. The number of hydrogen-bond acceptors (Lipinski definition) is 6. The largest absolute Gasteiger partial charge is 0.339 e. The summed E-state index contributed by atoms with van der Waals surface area (Å²) < 4.78 is 35.5. The van der Waals surface area contributed by atoms with Crippen LogP contribution in [0.3, 0.4) is 0 Å². The lowest BCUT2D eigenvalue weighted by Crippen LogP contribution is -2.54. The van der Waals surface area contributed by atoms with E-state index >= 15 is 0 Å². The van der Waals surface area contributed by atoms with Crippen LogP contribution < -0.4 is 5.73 Å². The number of nitrogens with zero attached hydrogens (tertiary/aromatic N) is 4. The van der Waals surface area contributed by atoms with Gasteiger partial charge in [-0.15, -0.1) is 0 Å². The van der Waals surface area contributed by atoms with Gasteiger partial charge in [0.1, 0.15) is 16.3 Å². The Hall–Kier alpha value is -1.62. The summed E-state index contributed by atoms with van der Waals surface area (Å²) >= 11 is 0.992. The molecule has 3 rings (SSSR count). The van der Waals surface area contributed by atoms with Crippen molar-refractivity contribution in [3.63, 3.8) is 0 Å². The molecule has 2 N–H and O–H groups in total. The van der Waals surface area contributed by atoms with Gasteiger partial charge in [-0.25, -0.2) is 8.42 Å². The van der Waals surface area contributed by atoms with Crippen LogP contribution in [0, 0.1) is 0 Å². The van der Waals surface area contributed by atoms with E-state index in [9.17, 15) is 13.2 Å². The molecule has 1 fully saturated rings. The highest BCUT2D eigenvalue weighted by Gasteiger charge is 2.33. The van der Waals surface area contributed by atoms with Gasteiger partial charge >= 0.3 is 0 Å². The fraction of sp³-hybridized carbons (Fsp3) is 0.533. The molecule has 2 aliphatic heterocycles. The summed E-state index contributed by atoms with van der Waals surface area (Å²) in [6.45, 7) is 3.18. The van der Waals surface area contributed by atoms with Gasteiger partial charge in [0.05, 0.1) is 17.4 Å². The number of hydrogen-bond donors (Lipinski definition) is 1. The third-order valence-electron chi connectivity index (χ3n) is 4.33. The summed E-state index contributed by atoms with van der Waals surface area (Å²) in [6.07, 6.45) is 1.48. The number of sulfonamides is 1. The van der Waals surface area contributed by atoms with Gasteiger partial charge in [0, 0.05) is 26.2 Å². The lowest BCUT2D eigenvalue weighted by atomic mass is 10.1. The SMILES string of the molecule is CCCC(N)C(=O)N1CCN(S(=O)(=O)c2cccc3c2N=S=N3)CC1. The summed E-state index contributed by atoms with van der Waals surface area (Å²) in [5.41, 5.74) is 6.86. The highest BCUT2D eigenvalue weighted by atomic mass is 32.2. The average Bonchev–Trinajstić information content (AvgIpc) is 3.10. The molecule has 25 heavy (non-hydrogen) atoms. The van der Waals surface area contributed by atoms with E-state index in [4.69, 9.17) is 5.73 Å². The molecule has 8 nitrogen and oxygen atoms in total. The second-order valence-corrected chi connectivity index (χ2v) is 8.45. The summed E-state index contributed by atoms with van der Waals surface area (Å²) in [7, 11) is -3.67. The zero-order valence-corrected chi connectivity index (χ0v) is 15.6. The Morgan fingerprint density at radius 1 is 1.28 bits per heavy atom. The van der Waals surface area contributed by atoms with E-state index < -0.39 is 16.1 Å². The molecule has 1 aromatic carbocycles. The van der Waals surface area contributed by atoms with Gasteiger partial charge in [-0.1, -0.05) is 19.4 Å². The maximum Gasteiger partial charge on any atom is 0.245 e. The van der Waals surface area contributed by atoms with E-state index in [2.05, 4.69) is 8.73 Å². The molecule has 1 aromatic rings. The minimum Gasteiger partial charge on any atom is -0.339 e. The van der Waals surface area contributed by atoms with E-state index in [0.717, 1.165) is 17.8 Å². The Bertz CT molecular complexity index is 841. The van der Waals surface area contributed by atoms with E-state index in [1.807, 2.05) is 6.92 Å². The predicted molar refractivity (Wildman–Crippen MR) is 96.2 cm³/mol. The molecule has 1 saturated heterocycles. The van der Waals surface area contributed by atoms with Crippen molar-refractivity contribution in [2.45, 2.75) is 30.7 Å². The fourth-order valence-electron chi connectivity index (χ4n) is 2.95. The molecule has 0 bridgehead atoms. The van der Waals surface area contributed by atoms with Crippen molar-refractivity contribution in [2.75, 3.05) is 26.2 Å². The molecule has 1 unspecified atom stereocenters. The highest BCUT2D eigenvalue weighted by Crippen LogP contribution is 2.38. The molecule has 2 aliphatic rings. The van der Waals surface area contributed by atoms with Crippen molar-refractivity contribution in [3.8, 4) is 0 Å². The van der Waals surface area contributed by atoms with E-state index in [0.29, 0.717) is 30.9 Å². The first kappa shape index (κ1) is 18.2. The van der Waals surface area contributed by atoms with Gasteiger partial charge in [0.25, 0.3) is 0 Å². The maximum atomic E-state index is 12.9. The molecule has 2 heterocycles. The lowest BCUT2D eigenvalue weighted by Gasteiger charge is -2.35. The zero-order valence-electron chi connectivity index (χ0n) is 14.0. The number of carbonyl (C=O) groups excluding carboxylic acids is 1. The molecular weight excluding hydrogens is 362 g/mol. The summed E-state index contributed by atoms with van der Waals surface area (Å²) in [5.74, 6) is -0.107. The van der Waals surface area contributed by atoms with Crippen molar-refractivity contribution >= 4 is 38.7 Å². The molecule has 0 radical (unpaired) electrons. The molecule has 0 spiro atoms. The van der Waals surface area contributed by atoms with Crippen LogP contribution in [0.2, 0.25) is 0 Å². The van der Waals surface area contributed by atoms with Crippen LogP contribution in [0.25, 0.3) is 0 Å². The second-order valence-electron chi connectivity index (χ2n) is 6.01. The number of rotatable bonds is 5. The quantitative estimate of drug-likeness (QED) is 0.841. The molecule has 0 aliphatic carbocycles. The van der Waals surface area contributed by atoms with Crippen LogP contribution in [0.15, 0.2) is 31.8 Å². The Morgan fingerprint density at radius 3 is 2.68 bits per heavy atom. The van der Waals surface area contributed by atoms with Gasteiger partial charge in [-0.2, -0.15) is 13.0 Å². The van der Waals surface area contributed by atoms with Crippen molar-refractivity contribution in [2.24, 2.45) is 14.5 Å². The normalized spacial score (nSPS) is 18.7. The van der Waals surface area contributed by atoms with Crippen molar-refractivity contribution in [3.05, 3.63) is 18.2 Å². The van der Waals surface area contributed by atoms with Gasteiger partial charge in [-0.05, 0) is 18.6 Å². The van der Waals surface area contributed by atoms with Crippen molar-refractivity contribution < 1.29 is 13.2 Å². The van der Waals surface area contributed by atoms with E-state index in [-0.39, 0.29) is 23.9 Å². The number of carbonyl (C=O) groups is 1. The Labute approximate surface area is 150 Å². The maximum absolute atomic E-state index is 12.9. The zero-order chi connectivity index (χ0) is 18.0. The topological polar surface area (TPSA) is 108 Å². The Morgan fingerprint density at radius 2 is 2.00 bits per heavy atom. The lowest BCUT2D eigenvalue weighted by molar-refractivity contribution is -0.133. The Kier molecular flexibility index (Phi) is 5.32. The standard InChI is InChI=1S/C15H21N5O3S2/c1-2-4-11(16)15(21)19-7-9-20(10-8-19)25(22,23)13-6-3-5-12-14(13)18-24-17-12/h3,5-6,11H,2,4,7-10,16H2,1H3. The van der Waals surface area contributed by atoms with Crippen LogP contribution >= 0.6 is 0 Å². The molecule has 1 atom stereocenters. The first-order chi connectivity index (χ1) is 11.9. The second kappa shape index (κ2) is 7.32. The van der Waals surface area contributed by atoms with Gasteiger partial charge in [0.2, 0.25) is 15.9 Å². The van der Waals surface area contributed by atoms with Gasteiger partial charge < -0.3 is 10.6 Å². The molecule has 1 amide bonds.